The summed E-state index contributed by atoms with van der Waals surface area (Å²) in [6.07, 6.45) is 0. The Morgan fingerprint density at radius 1 is 0.223 bits per heavy atom. The molecule has 2 aromatic heterocycles. The molecule has 4 heteroatoms. The Bertz CT molecular complexity index is 6080. The van der Waals surface area contributed by atoms with Gasteiger partial charge in [0.1, 0.15) is 0 Å². The predicted octanol–water partition coefficient (Wildman–Crippen LogP) is 27.1. The summed E-state index contributed by atoms with van der Waals surface area (Å²) in [5.41, 5.74) is 39.9. The lowest BCUT2D eigenvalue weighted by Gasteiger charge is -2.28. The lowest BCUT2D eigenvalue weighted by Crippen LogP contribution is -2.16. The molecular weight excluding hydrogens is 1250 g/mol. The van der Waals surface area contributed by atoms with Crippen LogP contribution in [-0.4, -0.2) is 9.13 Å². The van der Waals surface area contributed by atoms with Crippen LogP contribution in [0.2, 0.25) is 0 Å². The van der Waals surface area contributed by atoms with Gasteiger partial charge in [-0.2, -0.15) is 0 Å². The van der Waals surface area contributed by atoms with Crippen LogP contribution in [0.25, 0.3) is 133 Å². The van der Waals surface area contributed by atoms with Gasteiger partial charge in [0.2, 0.25) is 0 Å². The molecule has 3 aliphatic rings. The maximum atomic E-state index is 2.44. The monoisotopic (exact) mass is 1320 g/mol. The van der Waals surface area contributed by atoms with E-state index in [9.17, 15) is 0 Å². The van der Waals surface area contributed by atoms with Crippen molar-refractivity contribution in [1.29, 1.82) is 0 Å². The number of aromatic nitrogens is 2. The minimum absolute atomic E-state index is 0.0684. The number of hydrogen-bond donors (Lipinski definition) is 0. The van der Waals surface area contributed by atoms with E-state index >= 15 is 0 Å². The SMILES string of the molecule is Cc1c2c3c(cccc3n1-c1ccc(-c3ccc(N(c4ccccc4)c4ccc5c(c4)C(C)(C)c4ccccc4-5)cc3)cc1)-c1ccccc1-c1ccccc1-2.Cc1c2c3c(cccc3n1-c1ccc(-c3ccc(N(c4ccccc4)c4ccccc4)cc3)cc1)-c1ccccc1-c1ccccc1-2. The second kappa shape index (κ2) is 24.7. The molecule has 0 bridgehead atoms. The van der Waals surface area contributed by atoms with E-state index in [1.54, 1.807) is 0 Å². The first-order valence-corrected chi connectivity index (χ1v) is 35.8. The molecular formula is C99H72N4. The summed E-state index contributed by atoms with van der Waals surface area (Å²) >= 11 is 0. The minimum Gasteiger partial charge on any atom is -0.313 e. The van der Waals surface area contributed by atoms with E-state index in [-0.39, 0.29) is 5.41 Å². The van der Waals surface area contributed by atoms with E-state index in [0.29, 0.717) is 0 Å². The van der Waals surface area contributed by atoms with Crippen molar-refractivity contribution in [3.05, 3.63) is 386 Å². The fraction of sp³-hybridized carbons (Fsp3) is 0.0505. The van der Waals surface area contributed by atoms with Crippen molar-refractivity contribution in [3.8, 4) is 112 Å². The average molecular weight is 1320 g/mol. The number of rotatable bonds is 10. The van der Waals surface area contributed by atoms with Gasteiger partial charge in [0.05, 0.1) is 11.0 Å². The van der Waals surface area contributed by atoms with Crippen molar-refractivity contribution in [3.63, 3.8) is 0 Å². The fourth-order valence-corrected chi connectivity index (χ4v) is 17.1. The molecule has 0 amide bonds. The van der Waals surface area contributed by atoms with Crippen molar-refractivity contribution < 1.29 is 0 Å². The van der Waals surface area contributed by atoms with Crippen LogP contribution in [0.15, 0.2) is 364 Å². The summed E-state index contributed by atoms with van der Waals surface area (Å²) in [5, 5.41) is 2.64. The van der Waals surface area contributed by atoms with Crippen molar-refractivity contribution in [2.75, 3.05) is 9.80 Å². The molecule has 4 nitrogen and oxygen atoms in total. The summed E-state index contributed by atoms with van der Waals surface area (Å²) in [6.45, 7) is 9.24. The van der Waals surface area contributed by atoms with Crippen LogP contribution in [0.5, 0.6) is 0 Å². The quantitative estimate of drug-likeness (QED) is 0.136. The average Bonchev–Trinajstić information content (AvgIpc) is 1.58. The van der Waals surface area contributed by atoms with Gasteiger partial charge in [-0.05, 0) is 223 Å². The Kier molecular flexibility index (Phi) is 14.7. The molecule has 3 aliphatic carbocycles. The van der Waals surface area contributed by atoms with Crippen LogP contribution in [0.3, 0.4) is 0 Å². The van der Waals surface area contributed by atoms with Crippen molar-refractivity contribution in [1.82, 2.24) is 9.13 Å². The molecule has 0 fully saturated rings. The fourth-order valence-electron chi connectivity index (χ4n) is 17.1. The second-order valence-corrected chi connectivity index (χ2v) is 27.9. The van der Waals surface area contributed by atoms with Crippen molar-refractivity contribution >= 4 is 55.9 Å². The smallest absolute Gasteiger partial charge is 0.0544 e. The Morgan fingerprint density at radius 2 is 0.505 bits per heavy atom. The van der Waals surface area contributed by atoms with Crippen LogP contribution in [0.4, 0.5) is 34.1 Å². The van der Waals surface area contributed by atoms with Gasteiger partial charge in [-0.15, -0.1) is 0 Å². The maximum absolute atomic E-state index is 2.44. The van der Waals surface area contributed by atoms with Crippen LogP contribution >= 0.6 is 0 Å². The highest BCUT2D eigenvalue weighted by molar-refractivity contribution is 6.16. The highest BCUT2D eigenvalue weighted by Crippen LogP contribution is 2.54. The molecule has 0 saturated heterocycles. The third kappa shape index (κ3) is 10.0. The molecule has 17 aromatic rings. The minimum atomic E-state index is -0.0684. The van der Waals surface area contributed by atoms with Crippen LogP contribution in [-0.2, 0) is 5.41 Å². The molecule has 103 heavy (non-hydrogen) atoms. The Hall–Kier alpha value is -13.0. The molecule has 15 aromatic carbocycles. The number of benzene rings is 15. The Labute approximate surface area is 602 Å². The standard InChI is InChI=1S/C54H40N2.C45H32N2/c1-35-52-47-20-10-9-17-43(47)42-16-7-8-18-44(42)48-21-13-23-51(53(48)52)55(35)39-28-24-36(25-29-39)37-26-30-40(31-27-37)56(38-14-5-4-6-15-38)41-32-33-46-45-19-11-12-22-49(45)54(2,3)50(46)34-41;1-31-44-41-20-11-10-18-39(41)38-17-8-9-19-40(38)42-21-12-22-43(45(42)44)46(31)36-27-23-32(24-28-36)33-25-29-37(30-26-33)47(34-13-4-2-5-14-34)35-15-6-3-7-16-35/h4-34H,1-3H3;2-30H,1H3. The molecule has 0 radical (unpaired) electrons. The third-order valence-corrected chi connectivity index (χ3v) is 21.9. The normalized spacial score (nSPS) is 12.3. The van der Waals surface area contributed by atoms with Gasteiger partial charge >= 0.3 is 0 Å². The zero-order valence-corrected chi connectivity index (χ0v) is 57.9. The summed E-state index contributed by atoms with van der Waals surface area (Å²) in [5.74, 6) is 0. The third-order valence-electron chi connectivity index (χ3n) is 21.9. The second-order valence-electron chi connectivity index (χ2n) is 27.9. The number of nitrogens with zero attached hydrogens (tertiary/aromatic N) is 4. The topological polar surface area (TPSA) is 16.3 Å². The van der Waals surface area contributed by atoms with E-state index < -0.39 is 0 Å². The Morgan fingerprint density at radius 3 is 0.903 bits per heavy atom. The van der Waals surface area contributed by atoms with Crippen LogP contribution in [0, 0.1) is 13.8 Å². The molecule has 0 N–H and O–H groups in total. The molecule has 0 unspecified atom stereocenters. The van der Waals surface area contributed by atoms with Gasteiger partial charge in [0.25, 0.3) is 0 Å². The largest absolute Gasteiger partial charge is 0.313 e. The number of hydrogen-bond acceptors (Lipinski definition) is 2. The van der Waals surface area contributed by atoms with Gasteiger partial charge in [-0.25, -0.2) is 0 Å². The van der Waals surface area contributed by atoms with E-state index in [4.69, 9.17) is 0 Å². The predicted molar refractivity (Wildman–Crippen MR) is 434 cm³/mol. The summed E-state index contributed by atoms with van der Waals surface area (Å²) in [4.78, 5) is 4.67. The zero-order chi connectivity index (χ0) is 68.9. The summed E-state index contributed by atoms with van der Waals surface area (Å²) in [6, 6.07) is 133. The van der Waals surface area contributed by atoms with E-state index in [1.807, 2.05) is 0 Å². The van der Waals surface area contributed by atoms with E-state index in [1.165, 1.54) is 156 Å². The van der Waals surface area contributed by atoms with Gasteiger partial charge in [0.15, 0.2) is 0 Å². The molecule has 0 spiro atoms. The first kappa shape index (κ1) is 61.1. The molecule has 2 heterocycles. The summed E-state index contributed by atoms with van der Waals surface area (Å²) in [7, 11) is 0. The van der Waals surface area contributed by atoms with E-state index in [2.05, 4.69) is 411 Å². The maximum Gasteiger partial charge on any atom is 0.0544 e. The van der Waals surface area contributed by atoms with E-state index in [0.717, 1.165) is 34.1 Å². The first-order valence-electron chi connectivity index (χ1n) is 35.8. The Balaban J connectivity index is 0.000000144. The highest BCUT2D eigenvalue weighted by Gasteiger charge is 2.36. The lowest BCUT2D eigenvalue weighted by molar-refractivity contribution is 0.660. The summed E-state index contributed by atoms with van der Waals surface area (Å²) < 4.78 is 4.88. The highest BCUT2D eigenvalue weighted by atomic mass is 15.1. The number of fused-ring (bicyclic) bond motifs is 13. The van der Waals surface area contributed by atoms with Crippen molar-refractivity contribution in [2.24, 2.45) is 0 Å². The van der Waals surface area contributed by atoms with Crippen molar-refractivity contribution in [2.45, 2.75) is 33.1 Å². The molecule has 0 saturated carbocycles. The molecule has 488 valence electrons. The van der Waals surface area contributed by atoms with Crippen LogP contribution < -0.4 is 9.80 Å². The zero-order valence-electron chi connectivity index (χ0n) is 57.9. The molecule has 20 rings (SSSR count). The molecule has 0 aliphatic heterocycles. The lowest BCUT2D eigenvalue weighted by atomic mass is 9.82. The number of anilines is 6. The number of para-hydroxylation sites is 3. The van der Waals surface area contributed by atoms with Gasteiger partial charge in [0, 0.05) is 84.2 Å². The first-order chi connectivity index (χ1) is 50.7. The molecule has 0 atom stereocenters. The van der Waals surface area contributed by atoms with Gasteiger partial charge in [-0.1, -0.05) is 269 Å². The van der Waals surface area contributed by atoms with Gasteiger partial charge in [-0.3, -0.25) is 0 Å². The van der Waals surface area contributed by atoms with Crippen LogP contribution in [0.1, 0.15) is 36.4 Å². The van der Waals surface area contributed by atoms with Gasteiger partial charge < -0.3 is 18.9 Å².